The van der Waals surface area contributed by atoms with Crippen molar-refractivity contribution >= 4 is 5.91 Å². The second-order valence-corrected chi connectivity index (χ2v) is 4.64. The molecule has 0 spiro atoms. The lowest BCUT2D eigenvalue weighted by Crippen LogP contribution is -2.33. The molecule has 1 aromatic carbocycles. The fourth-order valence-electron chi connectivity index (χ4n) is 2.19. The molecule has 1 heterocycles. The number of piperidine rings is 1. The molecule has 0 aromatic heterocycles. The Morgan fingerprint density at radius 2 is 1.83 bits per heavy atom. The van der Waals surface area contributed by atoms with Crippen molar-refractivity contribution in [1.29, 1.82) is 0 Å². The van der Waals surface area contributed by atoms with E-state index in [-0.39, 0.29) is 0 Å². The number of nitrogens with zero attached hydrogens (tertiary/aromatic N) is 1. The summed E-state index contributed by atoms with van der Waals surface area (Å²) >= 11 is 0. The maximum absolute atomic E-state index is 10.9. The predicted molar refractivity (Wildman–Crippen MR) is 70.7 cm³/mol. The Bertz CT molecular complexity index is 383. The number of benzene rings is 1. The van der Waals surface area contributed by atoms with Gasteiger partial charge in [0.2, 0.25) is 5.91 Å². The molecule has 1 saturated heterocycles. The Morgan fingerprint density at radius 3 is 2.44 bits per heavy atom. The van der Waals surface area contributed by atoms with Crippen molar-refractivity contribution in [1.82, 2.24) is 4.90 Å². The summed E-state index contributed by atoms with van der Waals surface area (Å²) in [6, 6.07) is 6.96. The third-order valence-electron chi connectivity index (χ3n) is 3.26. The molecule has 0 aliphatic carbocycles. The second-order valence-electron chi connectivity index (χ2n) is 4.64. The van der Waals surface area contributed by atoms with Crippen molar-refractivity contribution in [2.24, 2.45) is 5.73 Å². The smallest absolute Gasteiger partial charge is 0.248 e. The molecule has 98 valence electrons. The fourth-order valence-corrected chi connectivity index (χ4v) is 2.19. The van der Waals surface area contributed by atoms with Crippen molar-refractivity contribution in [2.75, 3.05) is 26.2 Å². The van der Waals surface area contributed by atoms with Crippen LogP contribution in [0.3, 0.4) is 0 Å². The van der Waals surface area contributed by atoms with E-state index in [9.17, 15) is 4.79 Å². The summed E-state index contributed by atoms with van der Waals surface area (Å²) in [6.07, 6.45) is 3.95. The van der Waals surface area contributed by atoms with Gasteiger partial charge in [0, 0.05) is 12.1 Å². The van der Waals surface area contributed by atoms with Crippen molar-refractivity contribution in [3.8, 4) is 5.75 Å². The van der Waals surface area contributed by atoms with Crippen LogP contribution in [0, 0.1) is 0 Å². The minimum atomic E-state index is -0.408. The molecule has 0 unspecified atom stereocenters. The molecule has 0 atom stereocenters. The monoisotopic (exact) mass is 248 g/mol. The average molecular weight is 248 g/mol. The van der Waals surface area contributed by atoms with Gasteiger partial charge in [-0.25, -0.2) is 0 Å². The van der Waals surface area contributed by atoms with Crippen molar-refractivity contribution < 1.29 is 9.53 Å². The number of nitrogens with two attached hydrogens (primary N) is 1. The van der Waals surface area contributed by atoms with Crippen LogP contribution in [-0.4, -0.2) is 37.0 Å². The molecule has 1 fully saturated rings. The molecule has 1 aliphatic heterocycles. The number of ether oxygens (including phenoxy) is 1. The summed E-state index contributed by atoms with van der Waals surface area (Å²) in [5.74, 6) is 0.381. The third-order valence-corrected chi connectivity index (χ3v) is 3.26. The lowest BCUT2D eigenvalue weighted by Gasteiger charge is -2.26. The van der Waals surface area contributed by atoms with Crippen LogP contribution in [-0.2, 0) is 0 Å². The lowest BCUT2D eigenvalue weighted by molar-refractivity contribution is 0.100. The Labute approximate surface area is 108 Å². The molecule has 0 radical (unpaired) electrons. The van der Waals surface area contributed by atoms with E-state index in [0.717, 1.165) is 12.3 Å². The molecule has 0 saturated carbocycles. The maximum atomic E-state index is 10.9. The van der Waals surface area contributed by atoms with Crippen LogP contribution < -0.4 is 10.5 Å². The van der Waals surface area contributed by atoms with Crippen LogP contribution in [0.2, 0.25) is 0 Å². The Kier molecular flexibility index (Phi) is 4.59. The highest BCUT2D eigenvalue weighted by Crippen LogP contribution is 2.12. The molecule has 2 rings (SSSR count). The van der Waals surface area contributed by atoms with Gasteiger partial charge in [0.1, 0.15) is 12.4 Å². The van der Waals surface area contributed by atoms with Gasteiger partial charge in [-0.2, -0.15) is 0 Å². The Morgan fingerprint density at radius 1 is 1.17 bits per heavy atom. The van der Waals surface area contributed by atoms with E-state index in [1.54, 1.807) is 24.3 Å². The molecule has 1 aromatic rings. The van der Waals surface area contributed by atoms with Gasteiger partial charge >= 0.3 is 0 Å². The highest BCUT2D eigenvalue weighted by Gasteiger charge is 2.09. The van der Waals surface area contributed by atoms with Gasteiger partial charge in [-0.05, 0) is 50.2 Å². The van der Waals surface area contributed by atoms with Crippen molar-refractivity contribution in [3.05, 3.63) is 29.8 Å². The van der Waals surface area contributed by atoms with Crippen LogP contribution in [0.15, 0.2) is 24.3 Å². The van der Waals surface area contributed by atoms with E-state index in [0.29, 0.717) is 12.2 Å². The Balaban J connectivity index is 1.74. The number of primary amides is 1. The number of carbonyl (C=O) groups excluding carboxylic acids is 1. The molecule has 0 bridgehead atoms. The summed E-state index contributed by atoms with van der Waals surface area (Å²) in [6.45, 7) is 4.03. The molecule has 18 heavy (non-hydrogen) atoms. The van der Waals surface area contributed by atoms with E-state index in [1.807, 2.05) is 0 Å². The van der Waals surface area contributed by atoms with E-state index in [1.165, 1.54) is 32.4 Å². The molecule has 4 heteroatoms. The highest BCUT2D eigenvalue weighted by molar-refractivity contribution is 5.92. The summed E-state index contributed by atoms with van der Waals surface area (Å²) in [5, 5.41) is 0. The number of hydrogen-bond donors (Lipinski definition) is 1. The van der Waals surface area contributed by atoms with Crippen molar-refractivity contribution in [3.63, 3.8) is 0 Å². The third kappa shape index (κ3) is 3.74. The number of hydrogen-bond acceptors (Lipinski definition) is 3. The van der Waals surface area contributed by atoms with Crippen LogP contribution in [0.1, 0.15) is 29.6 Å². The largest absolute Gasteiger partial charge is 0.492 e. The van der Waals surface area contributed by atoms with Crippen LogP contribution in [0.25, 0.3) is 0 Å². The topological polar surface area (TPSA) is 55.6 Å². The van der Waals surface area contributed by atoms with E-state index < -0.39 is 5.91 Å². The number of amides is 1. The number of likely N-dealkylation sites (tertiary alicyclic amines) is 1. The molecule has 1 aliphatic rings. The normalized spacial score (nSPS) is 16.4. The SMILES string of the molecule is NC(=O)c1ccc(OCCN2CCCCC2)cc1. The fraction of sp³-hybridized carbons (Fsp3) is 0.500. The van der Waals surface area contributed by atoms with Crippen LogP contribution in [0.5, 0.6) is 5.75 Å². The van der Waals surface area contributed by atoms with E-state index >= 15 is 0 Å². The molecular formula is C14H20N2O2. The molecular weight excluding hydrogens is 228 g/mol. The Hall–Kier alpha value is -1.55. The van der Waals surface area contributed by atoms with Gasteiger partial charge in [0.05, 0.1) is 0 Å². The molecule has 4 nitrogen and oxygen atoms in total. The molecule has 1 amide bonds. The number of carbonyl (C=O) groups is 1. The highest BCUT2D eigenvalue weighted by atomic mass is 16.5. The van der Waals surface area contributed by atoms with E-state index in [2.05, 4.69) is 4.90 Å². The lowest BCUT2D eigenvalue weighted by atomic mass is 10.1. The zero-order valence-electron chi connectivity index (χ0n) is 10.6. The summed E-state index contributed by atoms with van der Waals surface area (Å²) in [5.41, 5.74) is 5.69. The van der Waals surface area contributed by atoms with Crippen LogP contribution in [0.4, 0.5) is 0 Å². The van der Waals surface area contributed by atoms with Crippen LogP contribution >= 0.6 is 0 Å². The first kappa shape index (κ1) is 12.9. The quantitative estimate of drug-likeness (QED) is 0.862. The summed E-state index contributed by atoms with van der Waals surface area (Å²) < 4.78 is 5.65. The zero-order chi connectivity index (χ0) is 12.8. The standard InChI is InChI=1S/C14H20N2O2/c15-14(17)12-4-6-13(7-5-12)18-11-10-16-8-2-1-3-9-16/h4-7H,1-3,8-11H2,(H2,15,17). The molecule has 2 N–H and O–H groups in total. The minimum Gasteiger partial charge on any atom is -0.492 e. The first-order valence-corrected chi connectivity index (χ1v) is 6.51. The number of rotatable bonds is 5. The average Bonchev–Trinajstić information content (AvgIpc) is 2.40. The summed E-state index contributed by atoms with van der Waals surface area (Å²) in [4.78, 5) is 13.3. The van der Waals surface area contributed by atoms with Gasteiger partial charge in [-0.15, -0.1) is 0 Å². The van der Waals surface area contributed by atoms with Gasteiger partial charge in [-0.3, -0.25) is 9.69 Å². The van der Waals surface area contributed by atoms with Gasteiger partial charge in [0.15, 0.2) is 0 Å². The summed E-state index contributed by atoms with van der Waals surface area (Å²) in [7, 11) is 0. The van der Waals surface area contributed by atoms with Gasteiger partial charge < -0.3 is 10.5 Å². The maximum Gasteiger partial charge on any atom is 0.248 e. The first-order valence-electron chi connectivity index (χ1n) is 6.51. The second kappa shape index (κ2) is 6.40. The predicted octanol–water partition coefficient (Wildman–Crippen LogP) is 1.65. The first-order chi connectivity index (χ1) is 8.75. The van der Waals surface area contributed by atoms with Gasteiger partial charge in [-0.1, -0.05) is 6.42 Å². The minimum absolute atomic E-state index is 0.408. The van der Waals surface area contributed by atoms with Gasteiger partial charge in [0.25, 0.3) is 0 Å². The zero-order valence-corrected chi connectivity index (χ0v) is 10.6. The van der Waals surface area contributed by atoms with Crippen molar-refractivity contribution in [2.45, 2.75) is 19.3 Å². The van der Waals surface area contributed by atoms with E-state index in [4.69, 9.17) is 10.5 Å².